The first-order chi connectivity index (χ1) is 8.02. The van der Waals surface area contributed by atoms with Crippen LogP contribution in [0, 0.1) is 5.92 Å². The van der Waals surface area contributed by atoms with Gasteiger partial charge in [0, 0.05) is 12.1 Å². The molecule has 0 bridgehead atoms. The molecule has 17 heavy (non-hydrogen) atoms. The molecule has 2 unspecified atom stereocenters. The summed E-state index contributed by atoms with van der Waals surface area (Å²) in [5.74, 6) is 1.00. The Labute approximate surface area is 105 Å². The lowest BCUT2D eigenvalue weighted by atomic mass is 9.99. The van der Waals surface area contributed by atoms with E-state index < -0.39 is 0 Å². The van der Waals surface area contributed by atoms with E-state index in [2.05, 4.69) is 33.0 Å². The summed E-state index contributed by atoms with van der Waals surface area (Å²) in [6.45, 7) is 8.96. The Morgan fingerprint density at radius 1 is 1.12 bits per heavy atom. The molecule has 0 saturated carbocycles. The van der Waals surface area contributed by atoms with E-state index in [0.29, 0.717) is 23.8 Å². The maximum absolute atomic E-state index is 9.23. The van der Waals surface area contributed by atoms with Crippen LogP contribution in [-0.2, 0) is 6.42 Å². The van der Waals surface area contributed by atoms with Gasteiger partial charge in [-0.25, -0.2) is 0 Å². The lowest BCUT2D eigenvalue weighted by Gasteiger charge is -2.25. The Morgan fingerprint density at radius 2 is 1.71 bits per heavy atom. The number of phenolic OH excluding ortho intramolecular Hbond substituents is 1. The minimum Gasteiger partial charge on any atom is -0.508 e. The lowest BCUT2D eigenvalue weighted by molar-refractivity contribution is 0.351. The molecule has 1 rings (SSSR count). The van der Waals surface area contributed by atoms with Gasteiger partial charge in [0.25, 0.3) is 0 Å². The first-order valence-electron chi connectivity index (χ1n) is 6.56. The summed E-state index contributed by atoms with van der Waals surface area (Å²) in [7, 11) is 0. The number of hydrogen-bond donors (Lipinski definition) is 2. The van der Waals surface area contributed by atoms with Gasteiger partial charge in [0.05, 0.1) is 0 Å². The van der Waals surface area contributed by atoms with Gasteiger partial charge in [-0.2, -0.15) is 0 Å². The summed E-state index contributed by atoms with van der Waals surface area (Å²) in [4.78, 5) is 0. The van der Waals surface area contributed by atoms with E-state index in [0.717, 1.165) is 12.8 Å². The van der Waals surface area contributed by atoms with E-state index in [1.54, 1.807) is 12.1 Å². The molecule has 2 nitrogen and oxygen atoms in total. The Bertz CT molecular complexity index is 318. The minimum atomic E-state index is 0.336. The summed E-state index contributed by atoms with van der Waals surface area (Å²) in [6, 6.07) is 8.53. The van der Waals surface area contributed by atoms with Crippen molar-refractivity contribution in [2.24, 2.45) is 5.92 Å². The van der Waals surface area contributed by atoms with E-state index in [1.165, 1.54) is 5.56 Å². The largest absolute Gasteiger partial charge is 0.508 e. The zero-order valence-electron chi connectivity index (χ0n) is 11.4. The molecule has 1 aromatic rings. The highest BCUT2D eigenvalue weighted by atomic mass is 16.3. The molecule has 0 spiro atoms. The lowest BCUT2D eigenvalue weighted by Crippen LogP contribution is -2.40. The van der Waals surface area contributed by atoms with Crippen LogP contribution in [0.3, 0.4) is 0 Å². The third-order valence-corrected chi connectivity index (χ3v) is 3.22. The van der Waals surface area contributed by atoms with Crippen molar-refractivity contribution in [3.63, 3.8) is 0 Å². The molecule has 96 valence electrons. The normalized spacial score (nSPS) is 14.9. The maximum atomic E-state index is 9.23. The first kappa shape index (κ1) is 14.0. The highest BCUT2D eigenvalue weighted by Gasteiger charge is 2.13. The van der Waals surface area contributed by atoms with Gasteiger partial charge in [-0.15, -0.1) is 0 Å². The number of rotatable bonds is 6. The summed E-state index contributed by atoms with van der Waals surface area (Å²) in [6.07, 6.45) is 2.17. The van der Waals surface area contributed by atoms with Crippen molar-refractivity contribution < 1.29 is 5.11 Å². The minimum absolute atomic E-state index is 0.336. The van der Waals surface area contributed by atoms with Gasteiger partial charge >= 0.3 is 0 Å². The quantitative estimate of drug-likeness (QED) is 0.792. The van der Waals surface area contributed by atoms with Crippen LogP contribution in [0.4, 0.5) is 0 Å². The summed E-state index contributed by atoms with van der Waals surface area (Å²) in [5, 5.41) is 12.9. The predicted molar refractivity (Wildman–Crippen MR) is 73.3 cm³/mol. The van der Waals surface area contributed by atoms with Gasteiger partial charge in [0.2, 0.25) is 0 Å². The van der Waals surface area contributed by atoms with Crippen LogP contribution < -0.4 is 5.32 Å². The Hall–Kier alpha value is -1.02. The average Bonchev–Trinajstić information content (AvgIpc) is 2.28. The van der Waals surface area contributed by atoms with Gasteiger partial charge < -0.3 is 10.4 Å². The molecule has 0 radical (unpaired) electrons. The fraction of sp³-hybridized carbons (Fsp3) is 0.600. The van der Waals surface area contributed by atoms with Crippen molar-refractivity contribution in [1.82, 2.24) is 5.32 Å². The molecular formula is C15H25NO. The van der Waals surface area contributed by atoms with Gasteiger partial charge in [-0.3, -0.25) is 0 Å². The van der Waals surface area contributed by atoms with Gasteiger partial charge in [-0.1, -0.05) is 32.9 Å². The monoisotopic (exact) mass is 235 g/mol. The molecule has 0 fully saturated rings. The molecule has 0 aromatic heterocycles. The highest BCUT2D eigenvalue weighted by Crippen LogP contribution is 2.13. The van der Waals surface area contributed by atoms with Crippen LogP contribution in [-0.4, -0.2) is 17.2 Å². The molecule has 0 aliphatic heterocycles. The van der Waals surface area contributed by atoms with Crippen molar-refractivity contribution in [3.05, 3.63) is 29.8 Å². The van der Waals surface area contributed by atoms with Gasteiger partial charge in [-0.05, 0) is 43.4 Å². The summed E-state index contributed by atoms with van der Waals surface area (Å²) in [5.41, 5.74) is 1.27. The zero-order chi connectivity index (χ0) is 12.8. The van der Waals surface area contributed by atoms with Crippen LogP contribution >= 0.6 is 0 Å². The van der Waals surface area contributed by atoms with Crippen LogP contribution in [0.2, 0.25) is 0 Å². The second-order valence-corrected chi connectivity index (χ2v) is 5.20. The molecule has 2 atom stereocenters. The van der Waals surface area contributed by atoms with Crippen molar-refractivity contribution >= 4 is 0 Å². The van der Waals surface area contributed by atoms with Crippen molar-refractivity contribution in [3.8, 4) is 5.75 Å². The third kappa shape index (κ3) is 4.78. The summed E-state index contributed by atoms with van der Waals surface area (Å²) < 4.78 is 0. The average molecular weight is 235 g/mol. The van der Waals surface area contributed by atoms with E-state index in [4.69, 9.17) is 0 Å². The van der Waals surface area contributed by atoms with Crippen LogP contribution in [0.5, 0.6) is 5.75 Å². The number of phenols is 1. The third-order valence-electron chi connectivity index (χ3n) is 3.22. The Balaban J connectivity index is 2.48. The number of aromatic hydroxyl groups is 1. The van der Waals surface area contributed by atoms with Crippen LogP contribution in [0.1, 0.15) is 39.7 Å². The molecule has 0 saturated heterocycles. The molecule has 0 heterocycles. The van der Waals surface area contributed by atoms with Crippen LogP contribution in [0.15, 0.2) is 24.3 Å². The van der Waals surface area contributed by atoms with Crippen molar-refractivity contribution in [1.29, 1.82) is 0 Å². The standard InChI is InChI=1S/C15H25NO/c1-5-15(11(2)3)16-12(4)10-13-6-8-14(17)9-7-13/h6-9,11-12,15-17H,5,10H2,1-4H3. The molecule has 0 aliphatic carbocycles. The molecule has 0 aliphatic rings. The molecular weight excluding hydrogens is 210 g/mol. The predicted octanol–water partition coefficient (Wildman–Crippen LogP) is 3.35. The summed E-state index contributed by atoms with van der Waals surface area (Å²) >= 11 is 0. The fourth-order valence-electron chi connectivity index (χ4n) is 2.19. The number of nitrogens with one attached hydrogen (secondary N) is 1. The molecule has 1 aromatic carbocycles. The highest BCUT2D eigenvalue weighted by molar-refractivity contribution is 5.26. The molecule has 2 heteroatoms. The van der Waals surface area contributed by atoms with E-state index in [9.17, 15) is 5.11 Å². The SMILES string of the molecule is CCC(NC(C)Cc1ccc(O)cc1)C(C)C. The van der Waals surface area contributed by atoms with Gasteiger partial charge in [0.1, 0.15) is 5.75 Å². The second-order valence-electron chi connectivity index (χ2n) is 5.20. The van der Waals surface area contributed by atoms with E-state index >= 15 is 0 Å². The number of benzene rings is 1. The zero-order valence-corrected chi connectivity index (χ0v) is 11.4. The van der Waals surface area contributed by atoms with Gasteiger partial charge in [0.15, 0.2) is 0 Å². The van der Waals surface area contributed by atoms with Crippen molar-refractivity contribution in [2.45, 2.75) is 52.6 Å². The fourth-order valence-corrected chi connectivity index (χ4v) is 2.19. The smallest absolute Gasteiger partial charge is 0.115 e. The Morgan fingerprint density at radius 3 is 2.18 bits per heavy atom. The molecule has 0 amide bonds. The Kier molecular flexibility index (Phi) is 5.49. The topological polar surface area (TPSA) is 32.3 Å². The number of hydrogen-bond acceptors (Lipinski definition) is 2. The molecule has 2 N–H and O–H groups in total. The second kappa shape index (κ2) is 6.65. The van der Waals surface area contributed by atoms with E-state index in [-0.39, 0.29) is 0 Å². The van der Waals surface area contributed by atoms with Crippen molar-refractivity contribution in [2.75, 3.05) is 0 Å². The van der Waals surface area contributed by atoms with Crippen LogP contribution in [0.25, 0.3) is 0 Å². The van der Waals surface area contributed by atoms with E-state index in [1.807, 2.05) is 12.1 Å². The maximum Gasteiger partial charge on any atom is 0.115 e. The first-order valence-corrected chi connectivity index (χ1v) is 6.56.